The van der Waals surface area contributed by atoms with Gasteiger partial charge in [0.2, 0.25) is 0 Å². The second-order valence-corrected chi connectivity index (χ2v) is 4.94. The first kappa shape index (κ1) is 13.2. The molecule has 92 valence electrons. The molecule has 0 saturated carbocycles. The standard InChI is InChI=1S/C13H25N3/c1-6-11(4)12(5)15-8-13-7-14-9-16(13)10(2)3/h7,9-12,15H,6,8H2,1-5H3. The third kappa shape index (κ3) is 3.34. The van der Waals surface area contributed by atoms with Gasteiger partial charge in [0, 0.05) is 24.8 Å². The summed E-state index contributed by atoms with van der Waals surface area (Å²) in [6.07, 6.45) is 5.09. The average Bonchev–Trinajstić information content (AvgIpc) is 2.72. The number of aromatic nitrogens is 2. The monoisotopic (exact) mass is 223 g/mol. The lowest BCUT2D eigenvalue weighted by molar-refractivity contribution is 0.383. The van der Waals surface area contributed by atoms with Crippen molar-refractivity contribution in [3.05, 3.63) is 18.2 Å². The van der Waals surface area contributed by atoms with E-state index in [2.05, 4.69) is 49.5 Å². The molecule has 1 aromatic heterocycles. The molecule has 0 aliphatic rings. The Morgan fingerprint density at radius 3 is 2.56 bits per heavy atom. The topological polar surface area (TPSA) is 29.9 Å². The molecule has 1 aromatic rings. The molecule has 3 heteroatoms. The van der Waals surface area contributed by atoms with Crippen LogP contribution >= 0.6 is 0 Å². The minimum absolute atomic E-state index is 0.484. The van der Waals surface area contributed by atoms with E-state index in [0.29, 0.717) is 12.1 Å². The van der Waals surface area contributed by atoms with Gasteiger partial charge in [-0.05, 0) is 26.7 Å². The van der Waals surface area contributed by atoms with Gasteiger partial charge >= 0.3 is 0 Å². The lowest BCUT2D eigenvalue weighted by Gasteiger charge is -2.20. The van der Waals surface area contributed by atoms with Gasteiger partial charge in [0.05, 0.1) is 12.0 Å². The highest BCUT2D eigenvalue weighted by molar-refractivity contribution is 4.99. The quantitative estimate of drug-likeness (QED) is 0.803. The van der Waals surface area contributed by atoms with Gasteiger partial charge in [-0.25, -0.2) is 4.98 Å². The normalized spacial score (nSPS) is 15.4. The van der Waals surface area contributed by atoms with Gasteiger partial charge in [-0.1, -0.05) is 20.3 Å². The van der Waals surface area contributed by atoms with Crippen molar-refractivity contribution >= 4 is 0 Å². The van der Waals surface area contributed by atoms with E-state index in [0.717, 1.165) is 12.5 Å². The molecule has 0 radical (unpaired) electrons. The molecule has 0 bridgehead atoms. The fraction of sp³-hybridized carbons (Fsp3) is 0.769. The van der Waals surface area contributed by atoms with Gasteiger partial charge in [-0.15, -0.1) is 0 Å². The predicted octanol–water partition coefficient (Wildman–Crippen LogP) is 2.99. The Hall–Kier alpha value is -0.830. The van der Waals surface area contributed by atoms with Gasteiger partial charge in [-0.2, -0.15) is 0 Å². The summed E-state index contributed by atoms with van der Waals surface area (Å²) in [6, 6.07) is 1.04. The van der Waals surface area contributed by atoms with Gasteiger partial charge in [0.25, 0.3) is 0 Å². The Morgan fingerprint density at radius 2 is 2.00 bits per heavy atom. The molecule has 3 nitrogen and oxygen atoms in total. The first-order valence-corrected chi connectivity index (χ1v) is 6.30. The summed E-state index contributed by atoms with van der Waals surface area (Å²) in [7, 11) is 0. The van der Waals surface area contributed by atoms with E-state index < -0.39 is 0 Å². The summed E-state index contributed by atoms with van der Waals surface area (Å²) in [6.45, 7) is 12.1. The van der Waals surface area contributed by atoms with Crippen LogP contribution in [0.3, 0.4) is 0 Å². The first-order valence-electron chi connectivity index (χ1n) is 6.30. The number of hydrogen-bond donors (Lipinski definition) is 1. The highest BCUT2D eigenvalue weighted by atomic mass is 15.1. The summed E-state index contributed by atoms with van der Waals surface area (Å²) in [5.74, 6) is 0.718. The lowest BCUT2D eigenvalue weighted by Crippen LogP contribution is -2.32. The maximum atomic E-state index is 4.21. The summed E-state index contributed by atoms with van der Waals surface area (Å²) in [4.78, 5) is 4.21. The van der Waals surface area contributed by atoms with Crippen LogP contribution in [-0.4, -0.2) is 15.6 Å². The highest BCUT2D eigenvalue weighted by Gasteiger charge is 2.11. The maximum Gasteiger partial charge on any atom is 0.0951 e. The SMILES string of the molecule is CCC(C)C(C)NCc1cncn1C(C)C. The van der Waals surface area contributed by atoms with Crippen LogP contribution in [0.25, 0.3) is 0 Å². The maximum absolute atomic E-state index is 4.21. The molecule has 0 saturated heterocycles. The van der Waals surface area contributed by atoms with Crippen molar-refractivity contribution in [1.29, 1.82) is 0 Å². The number of hydrogen-bond acceptors (Lipinski definition) is 2. The number of imidazole rings is 1. The first-order chi connectivity index (χ1) is 7.56. The fourth-order valence-electron chi connectivity index (χ4n) is 1.75. The van der Waals surface area contributed by atoms with E-state index >= 15 is 0 Å². The van der Waals surface area contributed by atoms with Gasteiger partial charge in [-0.3, -0.25) is 0 Å². The molecule has 0 fully saturated rings. The second-order valence-electron chi connectivity index (χ2n) is 4.94. The zero-order chi connectivity index (χ0) is 12.1. The average molecular weight is 223 g/mol. The van der Waals surface area contributed by atoms with Crippen LogP contribution in [-0.2, 0) is 6.54 Å². The van der Waals surface area contributed by atoms with Crippen molar-refractivity contribution < 1.29 is 0 Å². The van der Waals surface area contributed by atoms with Crippen molar-refractivity contribution in [2.75, 3.05) is 0 Å². The molecule has 0 aromatic carbocycles. The Kier molecular flexibility index (Phi) is 5.00. The molecule has 2 unspecified atom stereocenters. The van der Waals surface area contributed by atoms with Crippen molar-refractivity contribution in [3.8, 4) is 0 Å². The Bertz CT molecular complexity index is 304. The van der Waals surface area contributed by atoms with Crippen LogP contribution in [0.4, 0.5) is 0 Å². The second kappa shape index (κ2) is 6.04. The van der Waals surface area contributed by atoms with Gasteiger partial charge < -0.3 is 9.88 Å². The number of nitrogens with zero attached hydrogens (tertiary/aromatic N) is 2. The molecule has 0 aliphatic heterocycles. The molecule has 16 heavy (non-hydrogen) atoms. The van der Waals surface area contributed by atoms with Crippen molar-refractivity contribution in [2.45, 2.75) is 59.7 Å². The third-order valence-electron chi connectivity index (χ3n) is 3.41. The highest BCUT2D eigenvalue weighted by Crippen LogP contribution is 2.11. The Labute approximate surface area is 99.3 Å². The van der Waals surface area contributed by atoms with Crippen LogP contribution in [0.5, 0.6) is 0 Å². The van der Waals surface area contributed by atoms with Crippen molar-refractivity contribution in [3.63, 3.8) is 0 Å². The van der Waals surface area contributed by atoms with Gasteiger partial charge in [0.15, 0.2) is 0 Å². The molecule has 0 amide bonds. The Morgan fingerprint density at radius 1 is 1.31 bits per heavy atom. The largest absolute Gasteiger partial charge is 0.331 e. The van der Waals surface area contributed by atoms with E-state index in [1.54, 1.807) is 0 Å². The molecule has 0 spiro atoms. The van der Waals surface area contributed by atoms with Crippen LogP contribution in [0.15, 0.2) is 12.5 Å². The zero-order valence-corrected chi connectivity index (χ0v) is 11.2. The number of rotatable bonds is 6. The summed E-state index contributed by atoms with van der Waals surface area (Å²) < 4.78 is 2.22. The molecular formula is C13H25N3. The summed E-state index contributed by atoms with van der Waals surface area (Å²) in [5, 5.41) is 3.57. The smallest absolute Gasteiger partial charge is 0.0951 e. The Balaban J connectivity index is 2.51. The molecular weight excluding hydrogens is 198 g/mol. The lowest BCUT2D eigenvalue weighted by atomic mass is 10.0. The minimum atomic E-state index is 0.484. The zero-order valence-electron chi connectivity index (χ0n) is 11.2. The van der Waals surface area contributed by atoms with Crippen LogP contribution in [0, 0.1) is 5.92 Å². The number of nitrogens with one attached hydrogen (secondary N) is 1. The van der Waals surface area contributed by atoms with Crippen LogP contribution in [0.1, 0.15) is 52.8 Å². The molecule has 2 atom stereocenters. The van der Waals surface area contributed by atoms with E-state index in [-0.39, 0.29) is 0 Å². The van der Waals surface area contributed by atoms with Crippen molar-refractivity contribution in [1.82, 2.24) is 14.9 Å². The molecule has 1 rings (SSSR count). The molecule has 1 heterocycles. The third-order valence-corrected chi connectivity index (χ3v) is 3.41. The summed E-state index contributed by atoms with van der Waals surface area (Å²) >= 11 is 0. The summed E-state index contributed by atoms with van der Waals surface area (Å²) in [5.41, 5.74) is 1.27. The van der Waals surface area contributed by atoms with E-state index in [4.69, 9.17) is 0 Å². The molecule has 1 N–H and O–H groups in total. The fourth-order valence-corrected chi connectivity index (χ4v) is 1.75. The van der Waals surface area contributed by atoms with Crippen LogP contribution < -0.4 is 5.32 Å². The minimum Gasteiger partial charge on any atom is -0.331 e. The van der Waals surface area contributed by atoms with E-state index in [1.165, 1.54) is 12.1 Å². The van der Waals surface area contributed by atoms with Crippen LogP contribution in [0.2, 0.25) is 0 Å². The van der Waals surface area contributed by atoms with Gasteiger partial charge in [0.1, 0.15) is 0 Å². The van der Waals surface area contributed by atoms with Crippen molar-refractivity contribution in [2.24, 2.45) is 5.92 Å². The molecule has 0 aliphatic carbocycles. The van der Waals surface area contributed by atoms with E-state index in [1.807, 2.05) is 12.5 Å². The predicted molar refractivity (Wildman–Crippen MR) is 68.4 cm³/mol. The van der Waals surface area contributed by atoms with E-state index in [9.17, 15) is 0 Å².